The number of ether oxygens (including phenoxy) is 2. The van der Waals surface area contributed by atoms with Crippen molar-refractivity contribution in [1.82, 2.24) is 4.98 Å². The first kappa shape index (κ1) is 15.3. The zero-order chi connectivity index (χ0) is 17.2. The van der Waals surface area contributed by atoms with Crippen molar-refractivity contribution in [3.05, 3.63) is 66.9 Å². The highest BCUT2D eigenvalue weighted by Crippen LogP contribution is 2.35. The molecule has 0 saturated heterocycles. The Kier molecular flexibility index (Phi) is 3.86. The normalized spacial score (nSPS) is 10.8. The molecule has 124 valence electrons. The van der Waals surface area contributed by atoms with Crippen molar-refractivity contribution in [3.63, 3.8) is 0 Å². The van der Waals surface area contributed by atoms with Gasteiger partial charge in [-0.25, -0.2) is 0 Å². The third kappa shape index (κ3) is 2.83. The Balaban J connectivity index is 1.86. The Morgan fingerprint density at radius 2 is 1.48 bits per heavy atom. The first-order valence-electron chi connectivity index (χ1n) is 7.96. The van der Waals surface area contributed by atoms with Gasteiger partial charge in [-0.3, -0.25) is 4.98 Å². The zero-order valence-corrected chi connectivity index (χ0v) is 14.0. The third-order valence-corrected chi connectivity index (χ3v) is 4.15. The van der Waals surface area contributed by atoms with Crippen LogP contribution < -0.4 is 9.47 Å². The molecule has 0 bridgehead atoms. The molecular formula is C21H17NO3. The van der Waals surface area contributed by atoms with E-state index in [2.05, 4.69) is 4.98 Å². The van der Waals surface area contributed by atoms with Crippen LogP contribution in [0.1, 0.15) is 0 Å². The van der Waals surface area contributed by atoms with Gasteiger partial charge >= 0.3 is 0 Å². The molecule has 0 radical (unpaired) electrons. The van der Waals surface area contributed by atoms with E-state index in [1.165, 1.54) is 0 Å². The fourth-order valence-electron chi connectivity index (χ4n) is 2.87. The van der Waals surface area contributed by atoms with Crippen LogP contribution in [0.15, 0.2) is 71.3 Å². The van der Waals surface area contributed by atoms with Gasteiger partial charge in [-0.2, -0.15) is 0 Å². The summed E-state index contributed by atoms with van der Waals surface area (Å²) in [5.74, 6) is 2.36. The van der Waals surface area contributed by atoms with Gasteiger partial charge in [-0.15, -0.1) is 0 Å². The summed E-state index contributed by atoms with van der Waals surface area (Å²) >= 11 is 0. The molecule has 4 heteroatoms. The topological polar surface area (TPSA) is 44.5 Å². The van der Waals surface area contributed by atoms with Gasteiger partial charge in [-0.1, -0.05) is 24.3 Å². The Labute approximate surface area is 145 Å². The molecular weight excluding hydrogens is 314 g/mol. The Bertz CT molecular complexity index is 1040. The molecule has 25 heavy (non-hydrogen) atoms. The highest BCUT2D eigenvalue weighted by molar-refractivity contribution is 5.92. The van der Waals surface area contributed by atoms with E-state index < -0.39 is 0 Å². The number of hydrogen-bond donors (Lipinski definition) is 0. The van der Waals surface area contributed by atoms with Crippen molar-refractivity contribution in [3.8, 4) is 33.9 Å². The number of fused-ring (bicyclic) bond motifs is 1. The smallest absolute Gasteiger partial charge is 0.161 e. The summed E-state index contributed by atoms with van der Waals surface area (Å²) in [6, 6.07) is 19.6. The minimum absolute atomic E-state index is 0.758. The molecule has 0 aliphatic heterocycles. The monoisotopic (exact) mass is 331 g/mol. The zero-order valence-electron chi connectivity index (χ0n) is 14.0. The average Bonchev–Trinajstić information content (AvgIpc) is 3.12. The molecule has 0 saturated carbocycles. The molecule has 0 aliphatic carbocycles. The summed E-state index contributed by atoms with van der Waals surface area (Å²) in [6.45, 7) is 0. The van der Waals surface area contributed by atoms with Gasteiger partial charge in [0, 0.05) is 23.4 Å². The van der Waals surface area contributed by atoms with Crippen molar-refractivity contribution < 1.29 is 13.9 Å². The molecule has 0 aliphatic rings. The quantitative estimate of drug-likeness (QED) is 0.517. The first-order chi connectivity index (χ1) is 12.3. The highest BCUT2D eigenvalue weighted by Gasteiger charge is 2.13. The number of aromatic nitrogens is 1. The van der Waals surface area contributed by atoms with E-state index in [1.807, 2.05) is 60.7 Å². The lowest BCUT2D eigenvalue weighted by atomic mass is 10.1. The lowest BCUT2D eigenvalue weighted by Gasteiger charge is -2.05. The number of hydrogen-bond acceptors (Lipinski definition) is 4. The molecule has 4 nitrogen and oxygen atoms in total. The summed E-state index contributed by atoms with van der Waals surface area (Å²) in [6.07, 6.45) is 1.79. The first-order valence-corrected chi connectivity index (χ1v) is 7.96. The standard InChI is InChI=1S/C21H17NO3/c1-23-16-7-3-5-14(11-16)18-9-10-22-19-13-20(25-21(18)19)15-6-4-8-17(12-15)24-2/h3-13H,1-2H3. The molecule has 0 unspecified atom stereocenters. The number of benzene rings is 2. The van der Waals surface area contributed by atoms with Crippen LogP contribution in [0.25, 0.3) is 33.6 Å². The summed E-state index contributed by atoms with van der Waals surface area (Å²) in [7, 11) is 3.31. The van der Waals surface area contributed by atoms with E-state index in [1.54, 1.807) is 20.4 Å². The second-order valence-electron chi connectivity index (χ2n) is 5.65. The molecule has 4 rings (SSSR count). The van der Waals surface area contributed by atoms with E-state index in [4.69, 9.17) is 13.9 Å². The molecule has 2 aromatic heterocycles. The van der Waals surface area contributed by atoms with Gasteiger partial charge in [0.15, 0.2) is 5.58 Å². The summed E-state index contributed by atoms with van der Waals surface area (Å²) in [4.78, 5) is 4.44. The maximum atomic E-state index is 6.15. The highest BCUT2D eigenvalue weighted by atomic mass is 16.5. The second kappa shape index (κ2) is 6.32. The minimum atomic E-state index is 0.758. The largest absolute Gasteiger partial charge is 0.497 e. The van der Waals surface area contributed by atoms with Crippen LogP contribution in [-0.2, 0) is 0 Å². The lowest BCUT2D eigenvalue weighted by Crippen LogP contribution is -1.85. The third-order valence-electron chi connectivity index (χ3n) is 4.15. The number of methoxy groups -OCH3 is 2. The number of nitrogens with zero attached hydrogens (tertiary/aromatic N) is 1. The molecule has 0 amide bonds. The van der Waals surface area contributed by atoms with Crippen LogP contribution in [0.5, 0.6) is 11.5 Å². The van der Waals surface area contributed by atoms with Crippen LogP contribution in [-0.4, -0.2) is 19.2 Å². The van der Waals surface area contributed by atoms with Crippen molar-refractivity contribution in [2.45, 2.75) is 0 Å². The number of furan rings is 1. The fourth-order valence-corrected chi connectivity index (χ4v) is 2.87. The molecule has 0 spiro atoms. The minimum Gasteiger partial charge on any atom is -0.497 e. The van der Waals surface area contributed by atoms with E-state index in [0.717, 1.165) is 45.0 Å². The average molecular weight is 331 g/mol. The van der Waals surface area contributed by atoms with Crippen molar-refractivity contribution >= 4 is 11.1 Å². The summed E-state index contributed by atoms with van der Waals surface area (Å²) in [5, 5.41) is 0. The van der Waals surface area contributed by atoms with E-state index >= 15 is 0 Å². The Hall–Kier alpha value is -3.27. The van der Waals surface area contributed by atoms with Gasteiger partial charge in [-0.05, 0) is 35.9 Å². The molecule has 2 aromatic carbocycles. The van der Waals surface area contributed by atoms with Crippen LogP contribution in [0.3, 0.4) is 0 Å². The molecule has 0 fully saturated rings. The van der Waals surface area contributed by atoms with Crippen LogP contribution >= 0.6 is 0 Å². The summed E-state index contributed by atoms with van der Waals surface area (Å²) in [5.41, 5.74) is 4.54. The predicted molar refractivity (Wildman–Crippen MR) is 98.0 cm³/mol. The lowest BCUT2D eigenvalue weighted by molar-refractivity contribution is 0.414. The maximum Gasteiger partial charge on any atom is 0.161 e. The van der Waals surface area contributed by atoms with E-state index in [-0.39, 0.29) is 0 Å². The van der Waals surface area contributed by atoms with Crippen molar-refractivity contribution in [2.75, 3.05) is 14.2 Å². The van der Waals surface area contributed by atoms with Gasteiger partial charge in [0.1, 0.15) is 22.8 Å². The van der Waals surface area contributed by atoms with E-state index in [9.17, 15) is 0 Å². The van der Waals surface area contributed by atoms with E-state index in [0.29, 0.717) is 0 Å². The van der Waals surface area contributed by atoms with Gasteiger partial charge < -0.3 is 13.9 Å². The van der Waals surface area contributed by atoms with Crippen molar-refractivity contribution in [1.29, 1.82) is 0 Å². The molecule has 2 heterocycles. The van der Waals surface area contributed by atoms with Crippen LogP contribution in [0, 0.1) is 0 Å². The number of rotatable bonds is 4. The van der Waals surface area contributed by atoms with Crippen molar-refractivity contribution in [2.24, 2.45) is 0 Å². The SMILES string of the molecule is COc1cccc(-c2cc3nccc(-c4cccc(OC)c4)c3o2)c1. The molecule has 0 N–H and O–H groups in total. The van der Waals surface area contributed by atoms with Gasteiger partial charge in [0.2, 0.25) is 0 Å². The Morgan fingerprint density at radius 1 is 0.800 bits per heavy atom. The maximum absolute atomic E-state index is 6.15. The van der Waals surface area contributed by atoms with Gasteiger partial charge in [0.25, 0.3) is 0 Å². The number of pyridine rings is 1. The van der Waals surface area contributed by atoms with Gasteiger partial charge in [0.05, 0.1) is 14.2 Å². The van der Waals surface area contributed by atoms with Crippen LogP contribution in [0.4, 0.5) is 0 Å². The predicted octanol–water partition coefficient (Wildman–Crippen LogP) is 5.18. The van der Waals surface area contributed by atoms with Crippen LogP contribution in [0.2, 0.25) is 0 Å². The summed E-state index contributed by atoms with van der Waals surface area (Å²) < 4.78 is 16.8. The second-order valence-corrected chi connectivity index (χ2v) is 5.65. The molecule has 0 atom stereocenters. The Morgan fingerprint density at radius 3 is 2.20 bits per heavy atom. The fraction of sp³-hybridized carbons (Fsp3) is 0.0952. The molecule has 4 aromatic rings.